The summed E-state index contributed by atoms with van der Waals surface area (Å²) in [5.74, 6) is -0.208. The lowest BCUT2D eigenvalue weighted by atomic mass is 10.1. The van der Waals surface area contributed by atoms with Crippen LogP contribution in [0.25, 0.3) is 0 Å². The van der Waals surface area contributed by atoms with E-state index >= 15 is 0 Å². The normalized spacial score (nSPS) is 17.0. The van der Waals surface area contributed by atoms with E-state index in [1.165, 1.54) is 4.90 Å². The molecule has 0 aliphatic carbocycles. The van der Waals surface area contributed by atoms with Crippen LogP contribution in [0.2, 0.25) is 0 Å². The maximum Gasteiger partial charge on any atom is 0.401 e. The molecule has 1 saturated heterocycles. The van der Waals surface area contributed by atoms with Gasteiger partial charge in [-0.2, -0.15) is 13.2 Å². The van der Waals surface area contributed by atoms with Gasteiger partial charge in [0.1, 0.15) is 0 Å². The number of halogens is 4. The van der Waals surface area contributed by atoms with E-state index in [0.717, 1.165) is 0 Å². The number of nitrogen functional groups attached to an aromatic ring is 1. The molecule has 21 heavy (non-hydrogen) atoms. The SMILES string of the molecule is Nc1cc(C(=O)N2CCN(CC(F)(F)F)CC2)ccc1Br. The van der Waals surface area contributed by atoms with Crippen molar-refractivity contribution in [1.82, 2.24) is 9.80 Å². The number of anilines is 1. The Morgan fingerprint density at radius 2 is 1.86 bits per heavy atom. The van der Waals surface area contributed by atoms with Crippen molar-refractivity contribution in [3.8, 4) is 0 Å². The molecular weight excluding hydrogens is 351 g/mol. The lowest BCUT2D eigenvalue weighted by molar-refractivity contribution is -0.148. The molecule has 1 amide bonds. The molecule has 1 fully saturated rings. The van der Waals surface area contributed by atoms with E-state index in [9.17, 15) is 18.0 Å². The summed E-state index contributed by atoms with van der Waals surface area (Å²) in [6.07, 6.45) is -4.20. The van der Waals surface area contributed by atoms with E-state index in [0.29, 0.717) is 15.7 Å². The molecule has 0 saturated carbocycles. The van der Waals surface area contributed by atoms with Crippen molar-refractivity contribution in [2.24, 2.45) is 0 Å². The number of amides is 1. The number of hydrogen-bond acceptors (Lipinski definition) is 3. The van der Waals surface area contributed by atoms with Crippen LogP contribution < -0.4 is 5.73 Å². The lowest BCUT2D eigenvalue weighted by Gasteiger charge is -2.35. The highest BCUT2D eigenvalue weighted by Gasteiger charge is 2.32. The highest BCUT2D eigenvalue weighted by Crippen LogP contribution is 2.22. The Labute approximate surface area is 128 Å². The summed E-state index contributed by atoms with van der Waals surface area (Å²) >= 11 is 3.25. The first-order valence-electron chi connectivity index (χ1n) is 6.40. The lowest BCUT2D eigenvalue weighted by Crippen LogP contribution is -2.50. The molecule has 1 aromatic rings. The Morgan fingerprint density at radius 1 is 1.24 bits per heavy atom. The first-order valence-corrected chi connectivity index (χ1v) is 7.19. The van der Waals surface area contributed by atoms with E-state index in [1.54, 1.807) is 23.1 Å². The highest BCUT2D eigenvalue weighted by atomic mass is 79.9. The number of alkyl halides is 3. The van der Waals surface area contributed by atoms with Crippen molar-refractivity contribution in [2.75, 3.05) is 38.5 Å². The molecule has 116 valence electrons. The fourth-order valence-electron chi connectivity index (χ4n) is 2.22. The standard InChI is InChI=1S/C13H15BrF3N3O/c14-10-2-1-9(7-11(10)18)12(21)20-5-3-19(4-6-20)8-13(15,16)17/h1-2,7H,3-6,8,18H2. The molecule has 1 aliphatic rings. The van der Waals surface area contributed by atoms with Crippen LogP contribution in [-0.2, 0) is 0 Å². The minimum absolute atomic E-state index is 0.208. The van der Waals surface area contributed by atoms with Crippen molar-refractivity contribution < 1.29 is 18.0 Å². The molecule has 0 unspecified atom stereocenters. The van der Waals surface area contributed by atoms with Gasteiger partial charge in [-0.25, -0.2) is 0 Å². The fraction of sp³-hybridized carbons (Fsp3) is 0.462. The molecule has 0 radical (unpaired) electrons. The van der Waals surface area contributed by atoms with Crippen molar-refractivity contribution in [1.29, 1.82) is 0 Å². The van der Waals surface area contributed by atoms with Crippen molar-refractivity contribution >= 4 is 27.5 Å². The molecule has 4 nitrogen and oxygen atoms in total. The minimum Gasteiger partial charge on any atom is -0.398 e. The van der Waals surface area contributed by atoms with Gasteiger partial charge in [0.25, 0.3) is 5.91 Å². The number of carbonyl (C=O) groups excluding carboxylic acids is 1. The second-order valence-corrected chi connectivity index (χ2v) is 5.77. The monoisotopic (exact) mass is 365 g/mol. The van der Waals surface area contributed by atoms with Gasteiger partial charge in [0.2, 0.25) is 0 Å². The number of benzene rings is 1. The molecule has 2 N–H and O–H groups in total. The van der Waals surface area contributed by atoms with Crippen LogP contribution in [0.3, 0.4) is 0 Å². The maximum absolute atomic E-state index is 12.3. The van der Waals surface area contributed by atoms with Crippen LogP contribution in [0.15, 0.2) is 22.7 Å². The molecule has 2 rings (SSSR count). The maximum atomic E-state index is 12.3. The van der Waals surface area contributed by atoms with E-state index in [2.05, 4.69) is 15.9 Å². The van der Waals surface area contributed by atoms with Gasteiger partial charge >= 0.3 is 6.18 Å². The molecule has 1 heterocycles. The quantitative estimate of drug-likeness (QED) is 0.818. The molecule has 1 aliphatic heterocycles. The van der Waals surface area contributed by atoms with Gasteiger partial charge in [-0.1, -0.05) is 0 Å². The molecular formula is C13H15BrF3N3O. The second-order valence-electron chi connectivity index (χ2n) is 4.92. The van der Waals surface area contributed by atoms with Gasteiger partial charge in [-0.15, -0.1) is 0 Å². The summed E-state index contributed by atoms with van der Waals surface area (Å²) in [6, 6.07) is 4.89. The van der Waals surface area contributed by atoms with Gasteiger partial charge in [0, 0.05) is 41.9 Å². The third kappa shape index (κ3) is 4.34. The summed E-state index contributed by atoms with van der Waals surface area (Å²) in [7, 11) is 0. The Morgan fingerprint density at radius 3 is 2.38 bits per heavy atom. The molecule has 0 aromatic heterocycles. The average Bonchev–Trinajstić information content (AvgIpc) is 2.40. The summed E-state index contributed by atoms with van der Waals surface area (Å²) in [6.45, 7) is 0.0740. The van der Waals surface area contributed by atoms with E-state index in [4.69, 9.17) is 5.73 Å². The van der Waals surface area contributed by atoms with Crippen molar-refractivity contribution in [2.45, 2.75) is 6.18 Å². The summed E-state index contributed by atoms with van der Waals surface area (Å²) in [4.78, 5) is 15.1. The van der Waals surface area contributed by atoms with Crippen LogP contribution in [-0.4, -0.2) is 54.6 Å². The van der Waals surface area contributed by atoms with Crippen LogP contribution in [0.4, 0.5) is 18.9 Å². The van der Waals surface area contributed by atoms with E-state index in [1.807, 2.05) is 0 Å². The zero-order valence-electron chi connectivity index (χ0n) is 11.2. The minimum atomic E-state index is -4.20. The van der Waals surface area contributed by atoms with Gasteiger partial charge < -0.3 is 10.6 Å². The van der Waals surface area contributed by atoms with E-state index < -0.39 is 12.7 Å². The topological polar surface area (TPSA) is 49.6 Å². The summed E-state index contributed by atoms with van der Waals surface area (Å²) < 4.78 is 37.6. The number of nitrogens with two attached hydrogens (primary N) is 1. The molecule has 1 aromatic carbocycles. The largest absolute Gasteiger partial charge is 0.401 e. The number of nitrogens with zero attached hydrogens (tertiary/aromatic N) is 2. The zero-order valence-corrected chi connectivity index (χ0v) is 12.7. The predicted molar refractivity (Wildman–Crippen MR) is 77.0 cm³/mol. The van der Waals surface area contributed by atoms with Crippen LogP contribution in [0.5, 0.6) is 0 Å². The number of rotatable bonds is 2. The van der Waals surface area contributed by atoms with Crippen LogP contribution >= 0.6 is 15.9 Å². The molecule has 8 heteroatoms. The zero-order chi connectivity index (χ0) is 15.6. The van der Waals surface area contributed by atoms with Crippen molar-refractivity contribution in [3.05, 3.63) is 28.2 Å². The third-order valence-corrected chi connectivity index (χ3v) is 4.03. The number of hydrogen-bond donors (Lipinski definition) is 1. The average molecular weight is 366 g/mol. The summed E-state index contributed by atoms with van der Waals surface area (Å²) in [5, 5.41) is 0. The first-order chi connectivity index (χ1) is 9.76. The van der Waals surface area contributed by atoms with Gasteiger partial charge in [0.05, 0.1) is 6.54 Å². The van der Waals surface area contributed by atoms with Gasteiger partial charge in [-0.05, 0) is 34.1 Å². The second kappa shape index (κ2) is 6.23. The number of carbonyl (C=O) groups is 1. The van der Waals surface area contributed by atoms with E-state index in [-0.39, 0.29) is 32.1 Å². The van der Waals surface area contributed by atoms with Crippen LogP contribution in [0.1, 0.15) is 10.4 Å². The molecule has 0 spiro atoms. The third-order valence-electron chi connectivity index (χ3n) is 3.31. The van der Waals surface area contributed by atoms with Crippen LogP contribution in [0, 0.1) is 0 Å². The van der Waals surface area contributed by atoms with Gasteiger partial charge in [-0.3, -0.25) is 9.69 Å². The summed E-state index contributed by atoms with van der Waals surface area (Å²) in [5.41, 5.74) is 6.63. The first kappa shape index (κ1) is 16.1. The molecule has 0 atom stereocenters. The highest BCUT2D eigenvalue weighted by molar-refractivity contribution is 9.10. The van der Waals surface area contributed by atoms with Crippen molar-refractivity contribution in [3.63, 3.8) is 0 Å². The Bertz CT molecular complexity index is 528. The fourth-order valence-corrected chi connectivity index (χ4v) is 2.47. The Balaban J connectivity index is 1.95. The Hall–Kier alpha value is -1.28. The smallest absolute Gasteiger partial charge is 0.398 e. The van der Waals surface area contributed by atoms with Gasteiger partial charge in [0.15, 0.2) is 0 Å². The number of piperazine rings is 1. The molecule has 0 bridgehead atoms. The predicted octanol–water partition coefficient (Wildman–Crippen LogP) is 2.35. The Kier molecular flexibility index (Phi) is 4.77.